The molecule has 0 saturated heterocycles. The zero-order chi connectivity index (χ0) is 14.8. The van der Waals surface area contributed by atoms with E-state index in [1.54, 1.807) is 0 Å². The highest BCUT2D eigenvalue weighted by Gasteiger charge is 2.33. The molecule has 0 fully saturated rings. The molecule has 1 aromatic heterocycles. The number of alkyl halides is 3. The Balaban J connectivity index is 3.51. The van der Waals surface area contributed by atoms with Crippen LogP contribution in [-0.4, -0.2) is 18.1 Å². The molecule has 0 amide bonds. The van der Waals surface area contributed by atoms with E-state index in [9.17, 15) is 4.79 Å². The third-order valence-electron chi connectivity index (χ3n) is 1.84. The molecule has 0 aliphatic heterocycles. The second-order valence-corrected chi connectivity index (χ2v) is 6.09. The Hall–Kier alpha value is -0.390. The molecule has 1 rings (SSSR count). The predicted octanol–water partition coefficient (Wildman–Crippen LogP) is 4.32. The van der Waals surface area contributed by atoms with Crippen LogP contribution in [0.1, 0.15) is 5.69 Å². The van der Waals surface area contributed by atoms with Crippen LogP contribution in [0.4, 0.5) is 0 Å². The SMILES string of the molecule is C=CC(=O)Oc1c(Cl)c(OC)nc(C(Cl)(Cl)Cl)c1Cl. The van der Waals surface area contributed by atoms with Crippen molar-refractivity contribution >= 4 is 64.0 Å². The van der Waals surface area contributed by atoms with Gasteiger partial charge in [0.2, 0.25) is 9.67 Å². The number of ether oxygens (including phenoxy) is 2. The third-order valence-corrected chi connectivity index (χ3v) is 3.06. The van der Waals surface area contributed by atoms with Gasteiger partial charge in [0.1, 0.15) is 15.7 Å². The minimum absolute atomic E-state index is 0.0979. The Morgan fingerprint density at radius 3 is 2.32 bits per heavy atom. The maximum atomic E-state index is 11.2. The van der Waals surface area contributed by atoms with Crippen LogP contribution in [0.3, 0.4) is 0 Å². The van der Waals surface area contributed by atoms with Gasteiger partial charge in [-0.2, -0.15) is 0 Å². The van der Waals surface area contributed by atoms with E-state index in [-0.39, 0.29) is 27.4 Å². The third kappa shape index (κ3) is 3.80. The molecule has 19 heavy (non-hydrogen) atoms. The lowest BCUT2D eigenvalue weighted by Gasteiger charge is -2.17. The second kappa shape index (κ2) is 6.37. The average molecular weight is 365 g/mol. The van der Waals surface area contributed by atoms with Crippen LogP contribution in [0, 0.1) is 0 Å². The van der Waals surface area contributed by atoms with Crippen molar-refractivity contribution in [1.29, 1.82) is 0 Å². The van der Waals surface area contributed by atoms with Gasteiger partial charge in [0, 0.05) is 6.08 Å². The monoisotopic (exact) mass is 363 g/mol. The molecule has 0 aliphatic carbocycles. The van der Waals surface area contributed by atoms with E-state index in [1.807, 2.05) is 0 Å². The summed E-state index contributed by atoms with van der Waals surface area (Å²) in [6, 6.07) is 0. The smallest absolute Gasteiger partial charge is 0.335 e. The van der Waals surface area contributed by atoms with Gasteiger partial charge < -0.3 is 9.47 Å². The Morgan fingerprint density at radius 2 is 1.89 bits per heavy atom. The minimum atomic E-state index is -1.94. The first-order chi connectivity index (χ1) is 8.72. The number of esters is 1. The first-order valence-electron chi connectivity index (χ1n) is 4.56. The van der Waals surface area contributed by atoms with Crippen LogP contribution in [-0.2, 0) is 8.59 Å². The van der Waals surface area contributed by atoms with Crippen molar-refractivity contribution in [2.45, 2.75) is 3.79 Å². The van der Waals surface area contributed by atoms with Crippen LogP contribution >= 0.6 is 58.0 Å². The number of hydrogen-bond acceptors (Lipinski definition) is 4. The molecule has 9 heteroatoms. The van der Waals surface area contributed by atoms with Gasteiger partial charge in [0.15, 0.2) is 5.75 Å². The summed E-state index contributed by atoms with van der Waals surface area (Å²) in [5.41, 5.74) is -0.174. The molecule has 0 spiro atoms. The van der Waals surface area contributed by atoms with Crippen LogP contribution in [0.2, 0.25) is 10.0 Å². The molecule has 4 nitrogen and oxygen atoms in total. The van der Waals surface area contributed by atoms with Crippen molar-refractivity contribution < 1.29 is 14.3 Å². The molecule has 0 N–H and O–H groups in total. The standard InChI is InChI=1S/C10H6Cl5NO3/c1-3-4(17)19-7-5(11)8(10(13,14)15)16-9(18-2)6(7)12/h3H,1H2,2H3. The Bertz CT molecular complexity index is 527. The summed E-state index contributed by atoms with van der Waals surface area (Å²) in [6.45, 7) is 3.24. The van der Waals surface area contributed by atoms with Crippen LogP contribution in [0.15, 0.2) is 12.7 Å². The number of aromatic nitrogens is 1. The number of hydrogen-bond donors (Lipinski definition) is 0. The van der Waals surface area contributed by atoms with Crippen molar-refractivity contribution in [3.8, 4) is 11.6 Å². The number of methoxy groups -OCH3 is 1. The largest absolute Gasteiger partial charge is 0.480 e. The molecule has 0 unspecified atom stereocenters. The number of nitrogens with zero attached hydrogens (tertiary/aromatic N) is 1. The fraction of sp³-hybridized carbons (Fsp3) is 0.200. The van der Waals surface area contributed by atoms with Crippen molar-refractivity contribution in [1.82, 2.24) is 4.98 Å². The van der Waals surface area contributed by atoms with Crippen molar-refractivity contribution in [2.24, 2.45) is 0 Å². The van der Waals surface area contributed by atoms with Crippen molar-refractivity contribution in [3.63, 3.8) is 0 Å². The van der Waals surface area contributed by atoms with E-state index in [0.29, 0.717) is 0 Å². The molecule has 104 valence electrons. The number of rotatable bonds is 3. The zero-order valence-electron chi connectivity index (χ0n) is 9.35. The van der Waals surface area contributed by atoms with Gasteiger partial charge in [-0.1, -0.05) is 64.6 Å². The summed E-state index contributed by atoms with van der Waals surface area (Å²) in [4.78, 5) is 15.1. The van der Waals surface area contributed by atoms with E-state index in [4.69, 9.17) is 67.5 Å². The van der Waals surface area contributed by atoms with Gasteiger partial charge >= 0.3 is 5.97 Å². The Kier molecular flexibility index (Phi) is 5.59. The van der Waals surface area contributed by atoms with E-state index in [1.165, 1.54) is 7.11 Å². The normalized spacial score (nSPS) is 11.1. The Morgan fingerprint density at radius 1 is 1.32 bits per heavy atom. The molecule has 0 radical (unpaired) electrons. The van der Waals surface area contributed by atoms with Crippen molar-refractivity contribution in [3.05, 3.63) is 28.4 Å². The highest BCUT2D eigenvalue weighted by atomic mass is 35.6. The van der Waals surface area contributed by atoms with E-state index < -0.39 is 9.76 Å². The number of carbonyl (C=O) groups is 1. The van der Waals surface area contributed by atoms with Gasteiger partial charge in [0.05, 0.1) is 7.11 Å². The summed E-state index contributed by atoms with van der Waals surface area (Å²) >= 11 is 29.0. The van der Waals surface area contributed by atoms with E-state index in [0.717, 1.165) is 6.08 Å². The zero-order valence-corrected chi connectivity index (χ0v) is 13.1. The Labute approximate surface area is 134 Å². The molecular weight excluding hydrogens is 359 g/mol. The first kappa shape index (κ1) is 16.7. The summed E-state index contributed by atoms with van der Waals surface area (Å²) in [5, 5.41) is -0.332. The summed E-state index contributed by atoms with van der Waals surface area (Å²) in [6.07, 6.45) is 0.925. The lowest BCUT2D eigenvalue weighted by atomic mass is 10.3. The molecule has 0 aliphatic rings. The first-order valence-corrected chi connectivity index (χ1v) is 6.45. The fourth-order valence-corrected chi connectivity index (χ4v) is 2.23. The van der Waals surface area contributed by atoms with Gasteiger partial charge in [0.25, 0.3) is 0 Å². The average Bonchev–Trinajstić information content (AvgIpc) is 2.32. The quantitative estimate of drug-likeness (QED) is 0.455. The van der Waals surface area contributed by atoms with Gasteiger partial charge in [-0.3, -0.25) is 0 Å². The van der Waals surface area contributed by atoms with E-state index >= 15 is 0 Å². The molecule has 1 heterocycles. The number of halogens is 5. The molecular formula is C10H6Cl5NO3. The maximum absolute atomic E-state index is 11.2. The van der Waals surface area contributed by atoms with Gasteiger partial charge in [-0.25, -0.2) is 9.78 Å². The van der Waals surface area contributed by atoms with E-state index in [2.05, 4.69) is 11.6 Å². The predicted molar refractivity (Wildman–Crippen MR) is 75.9 cm³/mol. The lowest BCUT2D eigenvalue weighted by molar-refractivity contribution is -0.128. The molecule has 1 aromatic rings. The maximum Gasteiger partial charge on any atom is 0.335 e. The second-order valence-electron chi connectivity index (χ2n) is 3.05. The number of pyridine rings is 1. The van der Waals surface area contributed by atoms with Gasteiger partial charge in [-0.05, 0) is 0 Å². The van der Waals surface area contributed by atoms with Crippen LogP contribution < -0.4 is 9.47 Å². The number of carbonyl (C=O) groups excluding carboxylic acids is 1. The summed E-state index contributed by atoms with van der Waals surface area (Å²) in [7, 11) is 1.30. The topological polar surface area (TPSA) is 48.4 Å². The highest BCUT2D eigenvalue weighted by molar-refractivity contribution is 6.67. The summed E-state index contributed by atoms with van der Waals surface area (Å²) < 4.78 is 7.84. The molecule has 0 bridgehead atoms. The minimum Gasteiger partial charge on any atom is -0.480 e. The fourth-order valence-electron chi connectivity index (χ4n) is 1.06. The van der Waals surface area contributed by atoms with Crippen LogP contribution in [0.25, 0.3) is 0 Å². The highest BCUT2D eigenvalue weighted by Crippen LogP contribution is 2.48. The summed E-state index contributed by atoms with van der Waals surface area (Å²) in [5.74, 6) is -1.10. The van der Waals surface area contributed by atoms with Gasteiger partial charge in [-0.15, -0.1) is 0 Å². The molecule has 0 aromatic carbocycles. The molecule has 0 atom stereocenters. The van der Waals surface area contributed by atoms with Crippen molar-refractivity contribution in [2.75, 3.05) is 7.11 Å². The molecule has 0 saturated carbocycles. The lowest BCUT2D eigenvalue weighted by Crippen LogP contribution is -2.11. The van der Waals surface area contributed by atoms with Crippen LogP contribution in [0.5, 0.6) is 11.6 Å².